The Kier molecular flexibility index (Phi) is 2.77. The number of rotatable bonds is 3. The van der Waals surface area contributed by atoms with E-state index in [1.807, 2.05) is 20.0 Å². The number of ketones is 1. The summed E-state index contributed by atoms with van der Waals surface area (Å²) in [6.07, 6.45) is 1.43. The second kappa shape index (κ2) is 4.08. The lowest BCUT2D eigenvalue weighted by Crippen LogP contribution is -1.95. The number of aryl methyl sites for hydroxylation is 3. The van der Waals surface area contributed by atoms with E-state index in [1.54, 1.807) is 6.92 Å². The van der Waals surface area contributed by atoms with E-state index in [-0.39, 0.29) is 5.78 Å². The van der Waals surface area contributed by atoms with Gasteiger partial charge in [0.05, 0.1) is 11.0 Å². The lowest BCUT2D eigenvalue weighted by atomic mass is 10.1. The second-order valence-corrected chi connectivity index (χ2v) is 4.24. The van der Waals surface area contributed by atoms with Gasteiger partial charge in [-0.05, 0) is 38.0 Å². The van der Waals surface area contributed by atoms with Crippen molar-refractivity contribution in [3.05, 3.63) is 29.6 Å². The van der Waals surface area contributed by atoms with Gasteiger partial charge in [0, 0.05) is 13.5 Å². The number of Topliss-reactive ketones (excluding diaryl/α,β-unsaturated/α-hetero) is 1. The van der Waals surface area contributed by atoms with Crippen LogP contribution in [0.4, 0.5) is 0 Å². The van der Waals surface area contributed by atoms with Gasteiger partial charge >= 0.3 is 0 Å². The van der Waals surface area contributed by atoms with E-state index in [9.17, 15) is 4.79 Å². The van der Waals surface area contributed by atoms with Crippen LogP contribution < -0.4 is 0 Å². The van der Waals surface area contributed by atoms with Crippen LogP contribution in [0.1, 0.15) is 24.7 Å². The van der Waals surface area contributed by atoms with E-state index in [4.69, 9.17) is 0 Å². The maximum Gasteiger partial charge on any atom is 0.130 e. The summed E-state index contributed by atoms with van der Waals surface area (Å²) in [6.45, 7) is 3.63. The van der Waals surface area contributed by atoms with E-state index in [0.29, 0.717) is 6.42 Å². The Hall–Kier alpha value is -1.64. The molecule has 3 nitrogen and oxygen atoms in total. The van der Waals surface area contributed by atoms with Crippen LogP contribution in [0.2, 0.25) is 0 Å². The highest BCUT2D eigenvalue weighted by atomic mass is 16.1. The molecule has 2 aromatic rings. The number of hydrogen-bond donors (Lipinski definition) is 0. The summed E-state index contributed by atoms with van der Waals surface area (Å²) in [7, 11) is 2.01. The van der Waals surface area contributed by atoms with Gasteiger partial charge in [-0.1, -0.05) is 6.07 Å². The van der Waals surface area contributed by atoms with Crippen molar-refractivity contribution in [3.63, 3.8) is 0 Å². The second-order valence-electron chi connectivity index (χ2n) is 4.24. The highest BCUT2D eigenvalue weighted by molar-refractivity contribution is 5.78. The Labute approximate surface area is 95.1 Å². The first-order valence-corrected chi connectivity index (χ1v) is 5.49. The van der Waals surface area contributed by atoms with Crippen LogP contribution in [0.3, 0.4) is 0 Å². The van der Waals surface area contributed by atoms with Crippen molar-refractivity contribution >= 4 is 16.8 Å². The minimum absolute atomic E-state index is 0.237. The average Bonchev–Trinajstić information content (AvgIpc) is 2.52. The van der Waals surface area contributed by atoms with E-state index in [0.717, 1.165) is 23.3 Å². The summed E-state index contributed by atoms with van der Waals surface area (Å²) in [6, 6.07) is 6.20. The number of hydrogen-bond acceptors (Lipinski definition) is 2. The van der Waals surface area contributed by atoms with E-state index in [1.165, 1.54) is 5.56 Å². The van der Waals surface area contributed by atoms with Crippen LogP contribution in [0, 0.1) is 6.92 Å². The molecule has 0 amide bonds. The predicted octanol–water partition coefficient (Wildman–Crippen LogP) is 2.40. The molecule has 2 rings (SSSR count). The van der Waals surface area contributed by atoms with E-state index < -0.39 is 0 Å². The molecule has 0 atom stereocenters. The van der Waals surface area contributed by atoms with Gasteiger partial charge in [-0.25, -0.2) is 4.98 Å². The molecule has 0 aliphatic rings. The quantitative estimate of drug-likeness (QED) is 0.789. The van der Waals surface area contributed by atoms with Crippen molar-refractivity contribution in [1.82, 2.24) is 9.55 Å². The molecule has 3 heteroatoms. The molecular weight excluding hydrogens is 200 g/mol. The first-order chi connectivity index (χ1) is 7.58. The summed E-state index contributed by atoms with van der Waals surface area (Å²) in [5.41, 5.74) is 3.36. The summed E-state index contributed by atoms with van der Waals surface area (Å²) in [5, 5.41) is 0. The van der Waals surface area contributed by atoms with Crippen LogP contribution >= 0.6 is 0 Å². The zero-order valence-electron chi connectivity index (χ0n) is 9.95. The molecule has 0 aliphatic carbocycles. The highest BCUT2D eigenvalue weighted by Gasteiger charge is 2.05. The summed E-state index contributed by atoms with van der Waals surface area (Å²) in [4.78, 5) is 15.4. The average molecular weight is 216 g/mol. The lowest BCUT2D eigenvalue weighted by Gasteiger charge is -2.01. The Morgan fingerprint density at radius 2 is 2.19 bits per heavy atom. The van der Waals surface area contributed by atoms with Crippen molar-refractivity contribution in [3.8, 4) is 0 Å². The number of nitrogens with zero attached hydrogens (tertiary/aromatic N) is 2. The maximum atomic E-state index is 10.9. The fraction of sp³-hybridized carbons (Fsp3) is 0.385. The van der Waals surface area contributed by atoms with E-state index >= 15 is 0 Å². The monoisotopic (exact) mass is 216 g/mol. The third-order valence-corrected chi connectivity index (χ3v) is 2.93. The molecule has 0 N–H and O–H groups in total. The maximum absolute atomic E-state index is 10.9. The van der Waals surface area contributed by atoms with Crippen LogP contribution in [0.25, 0.3) is 11.0 Å². The number of imidazole rings is 1. The minimum atomic E-state index is 0.237. The van der Waals surface area contributed by atoms with Gasteiger partial charge in [-0.2, -0.15) is 0 Å². The smallest absolute Gasteiger partial charge is 0.130 e. The molecule has 0 unspecified atom stereocenters. The topological polar surface area (TPSA) is 34.9 Å². The highest BCUT2D eigenvalue weighted by Crippen LogP contribution is 2.17. The fourth-order valence-corrected chi connectivity index (χ4v) is 1.83. The molecule has 84 valence electrons. The number of aromatic nitrogens is 2. The molecule has 0 radical (unpaired) electrons. The Bertz CT molecular complexity index is 540. The summed E-state index contributed by atoms with van der Waals surface area (Å²) >= 11 is 0. The fourth-order valence-electron chi connectivity index (χ4n) is 1.83. The Morgan fingerprint density at radius 1 is 1.44 bits per heavy atom. The summed E-state index contributed by atoms with van der Waals surface area (Å²) < 4.78 is 2.08. The third-order valence-electron chi connectivity index (χ3n) is 2.93. The first kappa shape index (κ1) is 10.9. The molecule has 1 aromatic heterocycles. The number of carbonyl (C=O) groups is 1. The molecule has 1 heterocycles. The summed E-state index contributed by atoms with van der Waals surface area (Å²) in [5.74, 6) is 1.25. The molecule has 0 saturated carbocycles. The molecule has 0 saturated heterocycles. The van der Waals surface area contributed by atoms with Gasteiger partial charge in [-0.15, -0.1) is 0 Å². The van der Waals surface area contributed by atoms with Crippen LogP contribution in [-0.4, -0.2) is 15.3 Å². The predicted molar refractivity (Wildman–Crippen MR) is 64.5 cm³/mol. The number of fused-ring (bicyclic) bond motifs is 1. The molecule has 1 aromatic carbocycles. The van der Waals surface area contributed by atoms with Crippen LogP contribution in [-0.2, 0) is 18.3 Å². The van der Waals surface area contributed by atoms with Crippen molar-refractivity contribution in [2.24, 2.45) is 7.05 Å². The molecular formula is C13H16N2O. The number of carbonyl (C=O) groups excluding carboxylic acids is 1. The van der Waals surface area contributed by atoms with Gasteiger partial charge in [0.1, 0.15) is 11.6 Å². The molecule has 0 spiro atoms. The van der Waals surface area contributed by atoms with Crippen molar-refractivity contribution in [1.29, 1.82) is 0 Å². The minimum Gasteiger partial charge on any atom is -0.331 e. The molecule has 0 bridgehead atoms. The van der Waals surface area contributed by atoms with Crippen LogP contribution in [0.5, 0.6) is 0 Å². The normalized spacial score (nSPS) is 10.9. The van der Waals surface area contributed by atoms with Crippen LogP contribution in [0.15, 0.2) is 18.2 Å². The largest absolute Gasteiger partial charge is 0.331 e. The SMILES string of the molecule is CC(=O)CCc1ccc2nc(C)n(C)c2c1. The molecule has 0 fully saturated rings. The van der Waals surface area contributed by atoms with Gasteiger partial charge in [0.15, 0.2) is 0 Å². The van der Waals surface area contributed by atoms with Gasteiger partial charge < -0.3 is 9.36 Å². The van der Waals surface area contributed by atoms with Gasteiger partial charge in [-0.3, -0.25) is 0 Å². The standard InChI is InChI=1S/C13H16N2O/c1-9(16)4-5-11-6-7-12-13(8-11)15(3)10(2)14-12/h6-8H,4-5H2,1-3H3. The zero-order valence-corrected chi connectivity index (χ0v) is 9.95. The number of benzene rings is 1. The molecule has 0 aliphatic heterocycles. The van der Waals surface area contributed by atoms with Crippen molar-refractivity contribution in [2.45, 2.75) is 26.7 Å². The molecule has 16 heavy (non-hydrogen) atoms. The van der Waals surface area contributed by atoms with Crippen molar-refractivity contribution < 1.29 is 4.79 Å². The first-order valence-electron chi connectivity index (χ1n) is 5.49. The van der Waals surface area contributed by atoms with E-state index in [2.05, 4.69) is 21.7 Å². The zero-order chi connectivity index (χ0) is 11.7. The lowest BCUT2D eigenvalue weighted by molar-refractivity contribution is -0.116. The van der Waals surface area contributed by atoms with Crippen molar-refractivity contribution in [2.75, 3.05) is 0 Å². The Balaban J connectivity index is 2.35. The Morgan fingerprint density at radius 3 is 2.88 bits per heavy atom. The third kappa shape index (κ3) is 1.98. The van der Waals surface area contributed by atoms with Gasteiger partial charge in [0.2, 0.25) is 0 Å². The van der Waals surface area contributed by atoms with Gasteiger partial charge in [0.25, 0.3) is 0 Å².